The van der Waals surface area contributed by atoms with Crippen molar-refractivity contribution in [3.05, 3.63) is 65.9 Å². The largest absolute Gasteiger partial charge is 0.355 e. The van der Waals surface area contributed by atoms with Crippen LogP contribution in [0.2, 0.25) is 0 Å². The van der Waals surface area contributed by atoms with Gasteiger partial charge in [-0.2, -0.15) is 5.26 Å². The third-order valence-corrected chi connectivity index (χ3v) is 3.06. The van der Waals surface area contributed by atoms with Crippen molar-refractivity contribution in [1.82, 2.24) is 4.98 Å². The highest BCUT2D eigenvalue weighted by Crippen LogP contribution is 2.27. The minimum absolute atomic E-state index is 0.107. The van der Waals surface area contributed by atoms with E-state index in [2.05, 4.69) is 10.3 Å². The van der Waals surface area contributed by atoms with Crippen LogP contribution >= 0.6 is 0 Å². The van der Waals surface area contributed by atoms with Crippen LogP contribution in [0, 0.1) is 23.0 Å². The second kappa shape index (κ2) is 5.17. The fourth-order valence-electron chi connectivity index (χ4n) is 2.07. The molecular weight excluding hydrogens is 272 g/mol. The highest BCUT2D eigenvalue weighted by Gasteiger charge is 2.09. The molecule has 0 aliphatic rings. The molecule has 0 amide bonds. The Balaban J connectivity index is 2.06. The Bertz CT molecular complexity index is 852. The number of halogens is 2. The maximum Gasteiger partial charge on any atom is 0.152 e. The number of hydrogen-bond acceptors (Lipinski definition) is 3. The molecule has 0 saturated heterocycles. The highest BCUT2D eigenvalue weighted by molar-refractivity contribution is 5.93. The van der Waals surface area contributed by atoms with Gasteiger partial charge in [-0.3, -0.25) is 4.98 Å². The number of nitriles is 1. The summed E-state index contributed by atoms with van der Waals surface area (Å²) in [6.07, 6.45) is 1.45. The van der Waals surface area contributed by atoms with Crippen LogP contribution in [0.5, 0.6) is 0 Å². The summed E-state index contributed by atoms with van der Waals surface area (Å²) in [5.74, 6) is -1.36. The first kappa shape index (κ1) is 13.0. The van der Waals surface area contributed by atoms with E-state index < -0.39 is 11.6 Å². The Hall–Kier alpha value is -3.00. The number of hydrogen-bond donors (Lipinski definition) is 1. The standard InChI is InChI=1S/C16H9F2N3/c17-11-7-13-15(5-6-20-16(13)14(18)8-11)21-12-3-1-10(9-19)2-4-12/h1-8H,(H,20,21). The Kier molecular flexibility index (Phi) is 3.20. The Morgan fingerprint density at radius 2 is 1.81 bits per heavy atom. The maximum atomic E-state index is 13.7. The Morgan fingerprint density at radius 1 is 1.05 bits per heavy atom. The van der Waals surface area contributed by atoms with E-state index in [0.717, 1.165) is 6.07 Å². The summed E-state index contributed by atoms with van der Waals surface area (Å²) in [4.78, 5) is 3.93. The van der Waals surface area contributed by atoms with Crippen LogP contribution in [0.15, 0.2) is 48.7 Å². The fraction of sp³-hybridized carbons (Fsp3) is 0. The van der Waals surface area contributed by atoms with Crippen LogP contribution in [0.3, 0.4) is 0 Å². The zero-order chi connectivity index (χ0) is 14.8. The van der Waals surface area contributed by atoms with Crippen molar-refractivity contribution >= 4 is 22.3 Å². The van der Waals surface area contributed by atoms with Gasteiger partial charge in [0.15, 0.2) is 5.82 Å². The topological polar surface area (TPSA) is 48.7 Å². The van der Waals surface area contributed by atoms with Gasteiger partial charge in [-0.1, -0.05) is 0 Å². The molecule has 2 aromatic carbocycles. The second-order valence-corrected chi connectivity index (χ2v) is 4.46. The molecule has 0 bridgehead atoms. The summed E-state index contributed by atoms with van der Waals surface area (Å²) in [7, 11) is 0. The molecule has 0 unspecified atom stereocenters. The van der Waals surface area contributed by atoms with Gasteiger partial charge >= 0.3 is 0 Å². The van der Waals surface area contributed by atoms with Crippen LogP contribution in [0.1, 0.15) is 5.56 Å². The molecule has 0 atom stereocenters. The molecule has 21 heavy (non-hydrogen) atoms. The number of fused-ring (bicyclic) bond motifs is 1. The van der Waals surface area contributed by atoms with Gasteiger partial charge in [-0.05, 0) is 36.4 Å². The first-order valence-corrected chi connectivity index (χ1v) is 6.18. The lowest BCUT2D eigenvalue weighted by Gasteiger charge is -2.10. The second-order valence-electron chi connectivity index (χ2n) is 4.46. The Morgan fingerprint density at radius 3 is 2.52 bits per heavy atom. The van der Waals surface area contributed by atoms with Crippen molar-refractivity contribution < 1.29 is 8.78 Å². The lowest BCUT2D eigenvalue weighted by molar-refractivity contribution is 0.590. The van der Waals surface area contributed by atoms with Crippen LogP contribution < -0.4 is 5.32 Å². The molecule has 3 rings (SSSR count). The van der Waals surface area contributed by atoms with Gasteiger partial charge in [0.2, 0.25) is 0 Å². The van der Waals surface area contributed by atoms with Crippen LogP contribution in [-0.4, -0.2) is 4.98 Å². The zero-order valence-corrected chi connectivity index (χ0v) is 10.8. The predicted octanol–water partition coefficient (Wildman–Crippen LogP) is 4.13. The van der Waals surface area contributed by atoms with Crippen molar-refractivity contribution in [2.45, 2.75) is 0 Å². The number of rotatable bonds is 2. The van der Waals surface area contributed by atoms with Gasteiger partial charge in [-0.15, -0.1) is 0 Å². The van der Waals surface area contributed by atoms with Gasteiger partial charge in [0, 0.05) is 29.0 Å². The monoisotopic (exact) mass is 281 g/mol. The minimum atomic E-state index is -0.700. The molecule has 0 radical (unpaired) electrons. The number of pyridine rings is 1. The maximum absolute atomic E-state index is 13.7. The van der Waals surface area contributed by atoms with Crippen molar-refractivity contribution in [2.75, 3.05) is 5.32 Å². The van der Waals surface area contributed by atoms with Crippen molar-refractivity contribution in [3.63, 3.8) is 0 Å². The lowest BCUT2D eigenvalue weighted by Crippen LogP contribution is -1.95. The molecule has 3 aromatic rings. The van der Waals surface area contributed by atoms with Crippen LogP contribution in [-0.2, 0) is 0 Å². The molecule has 0 saturated carbocycles. The van der Waals surface area contributed by atoms with E-state index in [1.54, 1.807) is 30.3 Å². The summed E-state index contributed by atoms with van der Waals surface area (Å²) in [5.41, 5.74) is 1.90. The van der Waals surface area contributed by atoms with E-state index in [9.17, 15) is 8.78 Å². The number of benzene rings is 2. The molecule has 0 aliphatic carbocycles. The van der Waals surface area contributed by atoms with E-state index in [1.165, 1.54) is 12.3 Å². The quantitative estimate of drug-likeness (QED) is 0.768. The third-order valence-electron chi connectivity index (χ3n) is 3.06. The van der Waals surface area contributed by atoms with E-state index in [0.29, 0.717) is 22.3 Å². The number of nitrogens with one attached hydrogen (secondary N) is 1. The van der Waals surface area contributed by atoms with Crippen molar-refractivity contribution in [3.8, 4) is 6.07 Å². The molecule has 102 valence electrons. The average molecular weight is 281 g/mol. The van der Waals surface area contributed by atoms with Crippen molar-refractivity contribution in [2.24, 2.45) is 0 Å². The molecule has 3 nitrogen and oxygen atoms in total. The predicted molar refractivity (Wildman–Crippen MR) is 76.1 cm³/mol. The van der Waals surface area contributed by atoms with Crippen LogP contribution in [0.25, 0.3) is 10.9 Å². The molecule has 0 spiro atoms. The van der Waals surface area contributed by atoms with E-state index in [1.807, 2.05) is 6.07 Å². The Labute approximate surface area is 119 Å². The summed E-state index contributed by atoms with van der Waals surface area (Å²) < 4.78 is 27.1. The summed E-state index contributed by atoms with van der Waals surface area (Å²) in [5, 5.41) is 12.2. The molecule has 1 aromatic heterocycles. The average Bonchev–Trinajstić information content (AvgIpc) is 2.49. The summed E-state index contributed by atoms with van der Waals surface area (Å²) in [6, 6.07) is 12.5. The number of anilines is 2. The number of nitrogens with zero attached hydrogens (tertiary/aromatic N) is 2. The molecular formula is C16H9F2N3. The SMILES string of the molecule is N#Cc1ccc(Nc2ccnc3c(F)cc(F)cc23)cc1. The van der Waals surface area contributed by atoms with Gasteiger partial charge in [0.25, 0.3) is 0 Å². The summed E-state index contributed by atoms with van der Waals surface area (Å²) >= 11 is 0. The molecule has 1 heterocycles. The van der Waals surface area contributed by atoms with Gasteiger partial charge < -0.3 is 5.32 Å². The normalized spacial score (nSPS) is 10.3. The summed E-state index contributed by atoms with van der Waals surface area (Å²) in [6.45, 7) is 0. The lowest BCUT2D eigenvalue weighted by atomic mass is 10.1. The number of aromatic nitrogens is 1. The third kappa shape index (κ3) is 2.51. The highest BCUT2D eigenvalue weighted by atomic mass is 19.1. The van der Waals surface area contributed by atoms with E-state index >= 15 is 0 Å². The van der Waals surface area contributed by atoms with Crippen molar-refractivity contribution in [1.29, 1.82) is 5.26 Å². The molecule has 0 fully saturated rings. The van der Waals surface area contributed by atoms with Gasteiger partial charge in [-0.25, -0.2) is 8.78 Å². The van der Waals surface area contributed by atoms with E-state index in [-0.39, 0.29) is 5.52 Å². The van der Waals surface area contributed by atoms with E-state index in [4.69, 9.17) is 5.26 Å². The van der Waals surface area contributed by atoms with Crippen LogP contribution in [0.4, 0.5) is 20.2 Å². The molecule has 1 N–H and O–H groups in total. The van der Waals surface area contributed by atoms with Gasteiger partial charge in [0.05, 0.1) is 11.6 Å². The minimum Gasteiger partial charge on any atom is -0.355 e. The first-order chi connectivity index (χ1) is 10.2. The fourth-order valence-corrected chi connectivity index (χ4v) is 2.07. The van der Waals surface area contributed by atoms with Gasteiger partial charge in [0.1, 0.15) is 11.3 Å². The zero-order valence-electron chi connectivity index (χ0n) is 10.8. The first-order valence-electron chi connectivity index (χ1n) is 6.18. The molecule has 5 heteroatoms. The molecule has 0 aliphatic heterocycles. The smallest absolute Gasteiger partial charge is 0.152 e.